The molecule has 104 valence electrons. The summed E-state index contributed by atoms with van der Waals surface area (Å²) in [6.07, 6.45) is 0. The van der Waals surface area contributed by atoms with E-state index < -0.39 is 0 Å². The molecule has 0 fully saturated rings. The normalized spacial score (nSPS) is 12.6. The maximum Gasteiger partial charge on any atom is 0.231 e. The zero-order valence-electron chi connectivity index (χ0n) is 11.6. The van der Waals surface area contributed by atoms with Gasteiger partial charge in [-0.25, -0.2) is 0 Å². The highest BCUT2D eigenvalue weighted by atomic mass is 16.7. The van der Waals surface area contributed by atoms with E-state index in [0.717, 1.165) is 34.0 Å². The van der Waals surface area contributed by atoms with Gasteiger partial charge in [-0.3, -0.25) is 5.10 Å². The van der Waals surface area contributed by atoms with Crippen LogP contribution in [0.5, 0.6) is 11.5 Å². The summed E-state index contributed by atoms with van der Waals surface area (Å²) in [7, 11) is 0. The third-order valence-corrected chi connectivity index (χ3v) is 3.61. The van der Waals surface area contributed by atoms with Crippen LogP contribution in [0.1, 0.15) is 5.56 Å². The Morgan fingerprint density at radius 2 is 1.67 bits per heavy atom. The molecular weight excluding hydrogens is 264 g/mol. The van der Waals surface area contributed by atoms with E-state index in [2.05, 4.69) is 41.4 Å². The van der Waals surface area contributed by atoms with Gasteiger partial charge in [0, 0.05) is 5.56 Å². The molecule has 2 aromatic carbocycles. The molecule has 21 heavy (non-hydrogen) atoms. The summed E-state index contributed by atoms with van der Waals surface area (Å²) in [5.74, 6) is 1.56. The number of aromatic amines is 1. The predicted molar refractivity (Wildman–Crippen MR) is 80.3 cm³/mol. The van der Waals surface area contributed by atoms with Gasteiger partial charge in [0.1, 0.15) is 0 Å². The number of rotatable bonds is 2. The fourth-order valence-corrected chi connectivity index (χ4v) is 2.41. The largest absolute Gasteiger partial charge is 0.454 e. The van der Waals surface area contributed by atoms with Gasteiger partial charge in [0.05, 0.1) is 11.4 Å². The maximum atomic E-state index is 5.41. The smallest absolute Gasteiger partial charge is 0.231 e. The molecule has 0 saturated heterocycles. The van der Waals surface area contributed by atoms with Crippen LogP contribution in [0.25, 0.3) is 22.5 Å². The van der Waals surface area contributed by atoms with Crippen LogP contribution in [0, 0.1) is 6.92 Å². The number of hydrogen-bond donors (Lipinski definition) is 1. The highest BCUT2D eigenvalue weighted by molar-refractivity contribution is 5.70. The van der Waals surface area contributed by atoms with E-state index in [1.165, 1.54) is 5.56 Å². The minimum absolute atomic E-state index is 0.286. The number of hydrogen-bond acceptors (Lipinski definition) is 3. The van der Waals surface area contributed by atoms with E-state index >= 15 is 0 Å². The molecule has 0 radical (unpaired) electrons. The standard InChI is InChI=1S/C17H14N2O2/c1-11-2-4-12(5-3-11)14-9-15(19-18-14)13-6-7-16-17(8-13)21-10-20-16/h2-9H,10H2,1H3,(H,18,19). The molecule has 0 saturated carbocycles. The summed E-state index contributed by atoms with van der Waals surface area (Å²) in [5, 5.41) is 7.48. The lowest BCUT2D eigenvalue weighted by Gasteiger charge is -1.99. The van der Waals surface area contributed by atoms with Crippen LogP contribution in [0.4, 0.5) is 0 Å². The zero-order chi connectivity index (χ0) is 14.2. The van der Waals surface area contributed by atoms with Crippen LogP contribution >= 0.6 is 0 Å². The predicted octanol–water partition coefficient (Wildman–Crippen LogP) is 3.78. The summed E-state index contributed by atoms with van der Waals surface area (Å²) in [4.78, 5) is 0. The van der Waals surface area contributed by atoms with Crippen molar-refractivity contribution in [3.8, 4) is 34.0 Å². The quantitative estimate of drug-likeness (QED) is 0.776. The van der Waals surface area contributed by atoms with Crippen molar-refractivity contribution in [1.29, 1.82) is 0 Å². The second kappa shape index (κ2) is 4.66. The lowest BCUT2D eigenvalue weighted by molar-refractivity contribution is 0.174. The first-order valence-corrected chi connectivity index (χ1v) is 6.82. The molecule has 0 unspecified atom stereocenters. The third kappa shape index (κ3) is 2.14. The molecule has 0 aliphatic carbocycles. The number of fused-ring (bicyclic) bond motifs is 1. The molecule has 1 aliphatic rings. The number of H-pyrrole nitrogens is 1. The van der Waals surface area contributed by atoms with E-state index in [1.807, 2.05) is 24.3 Å². The fourth-order valence-electron chi connectivity index (χ4n) is 2.41. The Bertz CT molecular complexity index is 791. The first-order chi connectivity index (χ1) is 10.3. The summed E-state index contributed by atoms with van der Waals surface area (Å²) in [5.41, 5.74) is 5.27. The SMILES string of the molecule is Cc1ccc(-c2cc(-c3ccc4c(c3)OCO4)n[nH]2)cc1. The van der Waals surface area contributed by atoms with E-state index in [9.17, 15) is 0 Å². The van der Waals surface area contributed by atoms with Gasteiger partial charge in [0.2, 0.25) is 6.79 Å². The van der Waals surface area contributed by atoms with E-state index in [-0.39, 0.29) is 6.79 Å². The van der Waals surface area contributed by atoms with Crippen LogP contribution in [0.3, 0.4) is 0 Å². The number of nitrogens with one attached hydrogen (secondary N) is 1. The van der Waals surface area contributed by atoms with E-state index in [1.54, 1.807) is 0 Å². The van der Waals surface area contributed by atoms with Gasteiger partial charge < -0.3 is 9.47 Å². The van der Waals surface area contributed by atoms with Gasteiger partial charge in [0.15, 0.2) is 11.5 Å². The highest BCUT2D eigenvalue weighted by Gasteiger charge is 2.15. The number of nitrogens with zero attached hydrogens (tertiary/aromatic N) is 1. The molecule has 2 heterocycles. The van der Waals surface area contributed by atoms with Crippen LogP contribution < -0.4 is 9.47 Å². The first kappa shape index (κ1) is 12.0. The monoisotopic (exact) mass is 278 g/mol. The van der Waals surface area contributed by atoms with Crippen molar-refractivity contribution in [3.05, 3.63) is 54.1 Å². The Hall–Kier alpha value is -2.75. The van der Waals surface area contributed by atoms with Crippen LogP contribution in [-0.2, 0) is 0 Å². The van der Waals surface area contributed by atoms with Crippen molar-refractivity contribution >= 4 is 0 Å². The third-order valence-electron chi connectivity index (χ3n) is 3.61. The van der Waals surface area contributed by atoms with Crippen molar-refractivity contribution in [3.63, 3.8) is 0 Å². The number of aryl methyl sites for hydroxylation is 1. The Morgan fingerprint density at radius 1 is 0.905 bits per heavy atom. The Balaban J connectivity index is 1.69. The average Bonchev–Trinajstić information content (AvgIpc) is 3.16. The molecule has 4 rings (SSSR count). The number of aromatic nitrogens is 2. The minimum atomic E-state index is 0.286. The molecule has 1 N–H and O–H groups in total. The molecule has 4 heteroatoms. The highest BCUT2D eigenvalue weighted by Crippen LogP contribution is 2.36. The molecular formula is C17H14N2O2. The fraction of sp³-hybridized carbons (Fsp3) is 0.118. The van der Waals surface area contributed by atoms with Crippen LogP contribution in [0.15, 0.2) is 48.5 Å². The molecule has 1 aliphatic heterocycles. The Morgan fingerprint density at radius 3 is 2.52 bits per heavy atom. The number of ether oxygens (including phenoxy) is 2. The second-order valence-electron chi connectivity index (χ2n) is 5.10. The molecule has 0 atom stereocenters. The zero-order valence-corrected chi connectivity index (χ0v) is 11.6. The summed E-state index contributed by atoms with van der Waals surface area (Å²) < 4.78 is 10.7. The van der Waals surface area contributed by atoms with Gasteiger partial charge in [-0.2, -0.15) is 5.10 Å². The van der Waals surface area contributed by atoms with E-state index in [4.69, 9.17) is 9.47 Å². The molecule has 0 bridgehead atoms. The molecule has 1 aromatic heterocycles. The lowest BCUT2D eigenvalue weighted by atomic mass is 10.1. The molecule has 3 aromatic rings. The first-order valence-electron chi connectivity index (χ1n) is 6.82. The summed E-state index contributed by atoms with van der Waals surface area (Å²) in [6, 6.07) is 16.3. The van der Waals surface area contributed by atoms with Gasteiger partial charge >= 0.3 is 0 Å². The van der Waals surface area contributed by atoms with Crippen molar-refractivity contribution in [2.45, 2.75) is 6.92 Å². The topological polar surface area (TPSA) is 47.1 Å². The summed E-state index contributed by atoms with van der Waals surface area (Å²) >= 11 is 0. The molecule has 4 nitrogen and oxygen atoms in total. The lowest BCUT2D eigenvalue weighted by Crippen LogP contribution is -1.92. The van der Waals surface area contributed by atoms with Gasteiger partial charge in [-0.15, -0.1) is 0 Å². The van der Waals surface area contributed by atoms with Crippen molar-refractivity contribution in [2.24, 2.45) is 0 Å². The second-order valence-corrected chi connectivity index (χ2v) is 5.10. The molecule has 0 amide bonds. The Labute approximate surface area is 122 Å². The van der Waals surface area contributed by atoms with Gasteiger partial charge in [0.25, 0.3) is 0 Å². The van der Waals surface area contributed by atoms with Crippen LogP contribution in [-0.4, -0.2) is 17.0 Å². The molecule has 0 spiro atoms. The maximum absolute atomic E-state index is 5.41. The average molecular weight is 278 g/mol. The van der Waals surface area contributed by atoms with Gasteiger partial charge in [-0.1, -0.05) is 29.8 Å². The minimum Gasteiger partial charge on any atom is -0.454 e. The number of benzene rings is 2. The van der Waals surface area contributed by atoms with Crippen molar-refractivity contribution in [1.82, 2.24) is 10.2 Å². The Kier molecular flexibility index (Phi) is 2.67. The van der Waals surface area contributed by atoms with Crippen molar-refractivity contribution < 1.29 is 9.47 Å². The van der Waals surface area contributed by atoms with Crippen LogP contribution in [0.2, 0.25) is 0 Å². The summed E-state index contributed by atoms with van der Waals surface area (Å²) in [6.45, 7) is 2.36. The van der Waals surface area contributed by atoms with Crippen molar-refractivity contribution in [2.75, 3.05) is 6.79 Å². The van der Waals surface area contributed by atoms with Gasteiger partial charge in [-0.05, 0) is 36.8 Å². The van der Waals surface area contributed by atoms with E-state index in [0.29, 0.717) is 0 Å².